The van der Waals surface area contributed by atoms with E-state index in [4.69, 9.17) is 0 Å². The van der Waals surface area contributed by atoms with Crippen LogP contribution in [0.25, 0.3) is 0 Å². The molecule has 0 amide bonds. The van der Waals surface area contributed by atoms with Crippen LogP contribution in [0.5, 0.6) is 0 Å². The molecular formula is C19H27N5S. The molecule has 1 unspecified atom stereocenters. The molecule has 3 rings (SSSR count). The highest BCUT2D eigenvalue weighted by molar-refractivity contribution is 8.00. The molecule has 1 aromatic heterocycles. The molecule has 1 atom stereocenters. The van der Waals surface area contributed by atoms with E-state index in [-0.39, 0.29) is 0 Å². The molecule has 0 bridgehead atoms. The van der Waals surface area contributed by atoms with Crippen LogP contribution in [0.4, 0.5) is 0 Å². The van der Waals surface area contributed by atoms with Crippen LogP contribution < -0.4 is 10.6 Å². The Morgan fingerprint density at radius 2 is 2.24 bits per heavy atom. The third kappa shape index (κ3) is 5.26. The summed E-state index contributed by atoms with van der Waals surface area (Å²) >= 11 is 2.06. The van der Waals surface area contributed by atoms with Gasteiger partial charge in [-0.3, -0.25) is 4.99 Å². The van der Waals surface area contributed by atoms with Crippen molar-refractivity contribution in [2.24, 2.45) is 4.99 Å². The third-order valence-corrected chi connectivity index (χ3v) is 5.87. The van der Waals surface area contributed by atoms with Gasteiger partial charge in [0.2, 0.25) is 0 Å². The number of hydrogen-bond donors (Lipinski definition) is 2. The first-order valence-electron chi connectivity index (χ1n) is 8.86. The molecule has 0 saturated carbocycles. The lowest BCUT2D eigenvalue weighted by atomic mass is 10.1. The molecule has 1 aliphatic heterocycles. The Morgan fingerprint density at radius 1 is 1.36 bits per heavy atom. The predicted octanol–water partition coefficient (Wildman–Crippen LogP) is 2.80. The van der Waals surface area contributed by atoms with Crippen molar-refractivity contribution in [1.29, 1.82) is 0 Å². The quantitative estimate of drug-likeness (QED) is 0.617. The molecule has 1 aromatic carbocycles. The monoisotopic (exact) mass is 357 g/mol. The Balaban J connectivity index is 1.51. The summed E-state index contributed by atoms with van der Waals surface area (Å²) < 4.78 is 2.16. The zero-order chi connectivity index (χ0) is 17.5. The van der Waals surface area contributed by atoms with Crippen molar-refractivity contribution in [2.75, 3.05) is 19.3 Å². The van der Waals surface area contributed by atoms with Crippen molar-refractivity contribution in [3.8, 4) is 0 Å². The zero-order valence-corrected chi connectivity index (χ0v) is 15.9. The van der Waals surface area contributed by atoms with Gasteiger partial charge in [0.25, 0.3) is 0 Å². The van der Waals surface area contributed by atoms with Crippen molar-refractivity contribution in [3.63, 3.8) is 0 Å². The maximum absolute atomic E-state index is 4.33. The second-order valence-corrected chi connectivity index (χ2v) is 7.77. The highest BCUT2D eigenvalue weighted by Crippen LogP contribution is 2.25. The highest BCUT2D eigenvalue weighted by Gasteiger charge is 2.15. The Labute approximate surface area is 154 Å². The van der Waals surface area contributed by atoms with Crippen molar-refractivity contribution in [1.82, 2.24) is 20.2 Å². The fraction of sp³-hybridized carbons (Fsp3) is 0.474. The van der Waals surface area contributed by atoms with E-state index < -0.39 is 0 Å². The number of hydrogen-bond acceptors (Lipinski definition) is 3. The molecule has 25 heavy (non-hydrogen) atoms. The molecule has 134 valence electrons. The number of guanidine groups is 1. The van der Waals surface area contributed by atoms with Gasteiger partial charge in [-0.05, 0) is 36.6 Å². The summed E-state index contributed by atoms with van der Waals surface area (Å²) in [4.78, 5) is 8.62. The standard InChI is InChI=1S/C19H27N5S/c1-15-21-8-9-24(15)14-17-6-3-5-16(11-17)12-22-19(20-2)23-13-18-7-4-10-25-18/h3,5-6,8-9,11,18H,4,7,10,12-14H2,1-2H3,(H2,20,22,23). The summed E-state index contributed by atoms with van der Waals surface area (Å²) in [6.45, 7) is 4.65. The number of nitrogens with one attached hydrogen (secondary N) is 2. The van der Waals surface area contributed by atoms with Crippen molar-refractivity contribution >= 4 is 17.7 Å². The van der Waals surface area contributed by atoms with Crippen LogP contribution in [-0.2, 0) is 13.1 Å². The SMILES string of the molecule is CN=C(NCc1cccc(Cn2ccnc2C)c1)NCC1CCCS1. The van der Waals surface area contributed by atoms with E-state index in [1.165, 1.54) is 29.7 Å². The van der Waals surface area contributed by atoms with Crippen LogP contribution in [-0.4, -0.2) is 40.1 Å². The largest absolute Gasteiger partial charge is 0.355 e. The van der Waals surface area contributed by atoms with Crippen LogP contribution >= 0.6 is 11.8 Å². The average Bonchev–Trinajstić information content (AvgIpc) is 3.28. The van der Waals surface area contributed by atoms with Crippen LogP contribution in [0.1, 0.15) is 29.8 Å². The first-order valence-corrected chi connectivity index (χ1v) is 9.91. The van der Waals surface area contributed by atoms with E-state index in [1.807, 2.05) is 26.4 Å². The summed E-state index contributed by atoms with van der Waals surface area (Å²) in [6.07, 6.45) is 6.52. The molecule has 0 spiro atoms. The minimum absolute atomic E-state index is 0.722. The van der Waals surface area contributed by atoms with E-state index >= 15 is 0 Å². The lowest BCUT2D eigenvalue weighted by molar-refractivity contribution is 0.725. The predicted molar refractivity (Wildman–Crippen MR) is 106 cm³/mol. The zero-order valence-electron chi connectivity index (χ0n) is 15.0. The van der Waals surface area contributed by atoms with Gasteiger partial charge < -0.3 is 15.2 Å². The number of rotatable bonds is 6. The van der Waals surface area contributed by atoms with E-state index in [2.05, 4.69) is 61.2 Å². The van der Waals surface area contributed by atoms with Crippen LogP contribution in [0.2, 0.25) is 0 Å². The van der Waals surface area contributed by atoms with Crippen LogP contribution in [0.3, 0.4) is 0 Å². The molecule has 6 heteroatoms. The smallest absolute Gasteiger partial charge is 0.191 e. The van der Waals surface area contributed by atoms with Gasteiger partial charge in [0.05, 0.1) is 0 Å². The topological polar surface area (TPSA) is 54.2 Å². The van der Waals surface area contributed by atoms with Gasteiger partial charge >= 0.3 is 0 Å². The van der Waals surface area contributed by atoms with E-state index in [0.29, 0.717) is 0 Å². The number of nitrogens with zero attached hydrogens (tertiary/aromatic N) is 3. The van der Waals surface area contributed by atoms with Gasteiger partial charge in [0.15, 0.2) is 5.96 Å². The van der Waals surface area contributed by atoms with Crippen LogP contribution in [0.15, 0.2) is 41.7 Å². The number of benzene rings is 1. The first-order chi connectivity index (χ1) is 12.2. The average molecular weight is 358 g/mol. The number of imidazole rings is 1. The van der Waals surface area contributed by atoms with Crippen molar-refractivity contribution in [3.05, 3.63) is 53.6 Å². The van der Waals surface area contributed by atoms with Crippen molar-refractivity contribution < 1.29 is 0 Å². The Morgan fingerprint density at radius 3 is 2.96 bits per heavy atom. The molecule has 1 saturated heterocycles. The fourth-order valence-corrected chi connectivity index (χ4v) is 4.23. The minimum atomic E-state index is 0.722. The highest BCUT2D eigenvalue weighted by atomic mass is 32.2. The molecule has 0 radical (unpaired) electrons. The van der Waals surface area contributed by atoms with E-state index in [0.717, 1.165) is 36.7 Å². The number of thioether (sulfide) groups is 1. The lowest BCUT2D eigenvalue weighted by Crippen LogP contribution is -2.39. The molecular weight excluding hydrogens is 330 g/mol. The molecule has 0 aliphatic carbocycles. The number of aromatic nitrogens is 2. The van der Waals surface area contributed by atoms with Gasteiger partial charge in [-0.15, -0.1) is 0 Å². The maximum Gasteiger partial charge on any atom is 0.191 e. The molecule has 2 N–H and O–H groups in total. The molecule has 5 nitrogen and oxygen atoms in total. The summed E-state index contributed by atoms with van der Waals surface area (Å²) in [5.41, 5.74) is 2.54. The van der Waals surface area contributed by atoms with Crippen molar-refractivity contribution in [2.45, 2.75) is 38.1 Å². The first kappa shape index (κ1) is 17.9. The van der Waals surface area contributed by atoms with Gasteiger partial charge in [-0.1, -0.05) is 24.3 Å². The third-order valence-electron chi connectivity index (χ3n) is 4.47. The normalized spacial score (nSPS) is 17.7. The van der Waals surface area contributed by atoms with Gasteiger partial charge in [0, 0.05) is 44.3 Å². The second-order valence-electron chi connectivity index (χ2n) is 6.36. The Kier molecular flexibility index (Phi) is 6.39. The summed E-state index contributed by atoms with van der Waals surface area (Å²) in [6, 6.07) is 8.67. The van der Waals surface area contributed by atoms with E-state index in [1.54, 1.807) is 0 Å². The van der Waals surface area contributed by atoms with Gasteiger partial charge in [-0.2, -0.15) is 11.8 Å². The van der Waals surface area contributed by atoms with Gasteiger partial charge in [0.1, 0.15) is 5.82 Å². The second kappa shape index (κ2) is 8.94. The summed E-state index contributed by atoms with van der Waals surface area (Å²) in [5.74, 6) is 3.21. The lowest BCUT2D eigenvalue weighted by Gasteiger charge is -2.15. The maximum atomic E-state index is 4.33. The Bertz CT molecular complexity index is 703. The van der Waals surface area contributed by atoms with E-state index in [9.17, 15) is 0 Å². The minimum Gasteiger partial charge on any atom is -0.355 e. The molecule has 2 heterocycles. The molecule has 1 aliphatic rings. The number of aryl methyl sites for hydroxylation is 1. The van der Waals surface area contributed by atoms with Crippen LogP contribution in [0, 0.1) is 6.92 Å². The fourth-order valence-electron chi connectivity index (χ4n) is 3.03. The Hall–Kier alpha value is -1.95. The van der Waals surface area contributed by atoms with Gasteiger partial charge in [-0.25, -0.2) is 4.98 Å². The molecule has 1 fully saturated rings. The molecule has 2 aromatic rings. The summed E-state index contributed by atoms with van der Waals surface area (Å²) in [5, 5.41) is 7.59. The number of aliphatic imine (C=N–C) groups is 1. The summed E-state index contributed by atoms with van der Waals surface area (Å²) in [7, 11) is 1.83.